The number of aromatic nitrogens is 1. The summed E-state index contributed by atoms with van der Waals surface area (Å²) in [6, 6.07) is 8.73. The van der Waals surface area contributed by atoms with Crippen LogP contribution in [0.5, 0.6) is 0 Å². The zero-order valence-electron chi connectivity index (χ0n) is 9.30. The van der Waals surface area contributed by atoms with Crippen LogP contribution in [0.4, 0.5) is 5.00 Å². The van der Waals surface area contributed by atoms with E-state index in [0.717, 1.165) is 30.6 Å². The molecule has 0 amide bonds. The van der Waals surface area contributed by atoms with Crippen LogP contribution in [0.3, 0.4) is 0 Å². The molecule has 2 heterocycles. The first-order chi connectivity index (χ1) is 8.40. The molecule has 1 saturated heterocycles. The third-order valence-electron chi connectivity index (χ3n) is 3.03. The van der Waals surface area contributed by atoms with Gasteiger partial charge >= 0.3 is 0 Å². The van der Waals surface area contributed by atoms with Gasteiger partial charge < -0.3 is 9.64 Å². The van der Waals surface area contributed by atoms with Gasteiger partial charge in [0.2, 0.25) is 0 Å². The Balaban J connectivity index is 2.01. The predicted octanol–water partition coefficient (Wildman–Crippen LogP) is 2.90. The molecular formula is C12H13BrN2OS. The number of ether oxygens (including phenoxy) is 1. The second kappa shape index (κ2) is 4.92. The number of hydrogen-bond donors (Lipinski definition) is 0. The molecule has 0 aliphatic carbocycles. The monoisotopic (exact) mass is 312 g/mol. The van der Waals surface area contributed by atoms with Crippen molar-refractivity contribution in [1.29, 1.82) is 0 Å². The normalized spacial score (nSPS) is 21.0. The molecule has 1 unspecified atom stereocenters. The van der Waals surface area contributed by atoms with E-state index in [1.807, 2.05) is 6.07 Å². The molecule has 90 valence electrons. The Morgan fingerprint density at radius 3 is 3.24 bits per heavy atom. The lowest BCUT2D eigenvalue weighted by atomic mass is 10.2. The lowest BCUT2D eigenvalue weighted by molar-refractivity contribution is 0.101. The van der Waals surface area contributed by atoms with Gasteiger partial charge in [-0.1, -0.05) is 28.1 Å². The number of alkyl halides is 1. The number of rotatable bonds is 2. The summed E-state index contributed by atoms with van der Waals surface area (Å²) in [5.41, 5.74) is 1.09. The number of hydrogen-bond acceptors (Lipinski definition) is 4. The number of nitrogens with zero attached hydrogens (tertiary/aromatic N) is 2. The fourth-order valence-corrected chi connectivity index (χ4v) is 3.63. The maximum absolute atomic E-state index is 5.53. The topological polar surface area (TPSA) is 25.4 Å². The van der Waals surface area contributed by atoms with Crippen molar-refractivity contribution in [1.82, 2.24) is 4.37 Å². The minimum atomic E-state index is 0.410. The molecular weight excluding hydrogens is 300 g/mol. The summed E-state index contributed by atoms with van der Waals surface area (Å²) in [5.74, 6) is 0. The molecule has 3 nitrogen and oxygen atoms in total. The first-order valence-corrected chi connectivity index (χ1v) is 7.54. The molecule has 1 aromatic carbocycles. The van der Waals surface area contributed by atoms with E-state index in [4.69, 9.17) is 4.74 Å². The average Bonchev–Trinajstić information content (AvgIpc) is 2.82. The van der Waals surface area contributed by atoms with E-state index in [9.17, 15) is 0 Å². The number of fused-ring (bicyclic) bond motifs is 1. The molecule has 0 spiro atoms. The summed E-state index contributed by atoms with van der Waals surface area (Å²) in [4.78, 5) is 2.41. The molecule has 5 heteroatoms. The zero-order valence-corrected chi connectivity index (χ0v) is 11.7. The molecule has 1 fully saturated rings. The maximum Gasteiger partial charge on any atom is 0.120 e. The van der Waals surface area contributed by atoms with Crippen molar-refractivity contribution in [3.05, 3.63) is 24.3 Å². The van der Waals surface area contributed by atoms with Crippen LogP contribution < -0.4 is 4.90 Å². The van der Waals surface area contributed by atoms with Gasteiger partial charge in [0.1, 0.15) is 5.00 Å². The van der Waals surface area contributed by atoms with Gasteiger partial charge in [-0.3, -0.25) is 0 Å². The summed E-state index contributed by atoms with van der Waals surface area (Å²) in [6.45, 7) is 2.54. The van der Waals surface area contributed by atoms with E-state index in [-0.39, 0.29) is 0 Å². The molecule has 0 bridgehead atoms. The van der Waals surface area contributed by atoms with Crippen LogP contribution in [-0.2, 0) is 4.74 Å². The standard InChI is InChI=1S/C12H13BrN2OS/c13-7-9-8-16-6-5-15(9)12-10-3-1-2-4-11(10)14-17-12/h1-4,9H,5-8H2. The average molecular weight is 313 g/mol. The minimum absolute atomic E-state index is 0.410. The summed E-state index contributed by atoms with van der Waals surface area (Å²) >= 11 is 5.15. The van der Waals surface area contributed by atoms with E-state index < -0.39 is 0 Å². The highest BCUT2D eigenvalue weighted by Crippen LogP contribution is 2.33. The molecule has 1 aliphatic heterocycles. The van der Waals surface area contributed by atoms with Crippen LogP contribution in [0, 0.1) is 0 Å². The third kappa shape index (κ3) is 2.07. The number of benzene rings is 1. The van der Waals surface area contributed by atoms with Crippen molar-refractivity contribution >= 4 is 43.4 Å². The van der Waals surface area contributed by atoms with Crippen LogP contribution in [0.15, 0.2) is 24.3 Å². The molecule has 0 radical (unpaired) electrons. The predicted molar refractivity (Wildman–Crippen MR) is 75.4 cm³/mol. The molecule has 1 aliphatic rings. The Bertz CT molecular complexity index is 516. The largest absolute Gasteiger partial charge is 0.377 e. The Morgan fingerprint density at radius 1 is 1.47 bits per heavy atom. The van der Waals surface area contributed by atoms with E-state index in [2.05, 4.69) is 43.4 Å². The van der Waals surface area contributed by atoms with Gasteiger partial charge in [0.05, 0.1) is 24.8 Å². The second-order valence-corrected chi connectivity index (χ2v) is 5.48. The second-order valence-electron chi connectivity index (χ2n) is 4.08. The van der Waals surface area contributed by atoms with Gasteiger partial charge in [0.25, 0.3) is 0 Å². The van der Waals surface area contributed by atoms with E-state index in [1.165, 1.54) is 10.4 Å². The third-order valence-corrected chi connectivity index (χ3v) is 4.69. The van der Waals surface area contributed by atoms with Gasteiger partial charge in [-0.25, -0.2) is 0 Å². The van der Waals surface area contributed by atoms with Crippen LogP contribution in [0.1, 0.15) is 0 Å². The van der Waals surface area contributed by atoms with Gasteiger partial charge in [-0.2, -0.15) is 4.37 Å². The Labute approximate surface area is 113 Å². The molecule has 2 aromatic rings. The lowest BCUT2D eigenvalue weighted by Gasteiger charge is -2.35. The highest BCUT2D eigenvalue weighted by Gasteiger charge is 2.25. The van der Waals surface area contributed by atoms with E-state index in [1.54, 1.807) is 11.5 Å². The summed E-state index contributed by atoms with van der Waals surface area (Å²) in [6.07, 6.45) is 0. The fourth-order valence-electron chi connectivity index (χ4n) is 2.13. The van der Waals surface area contributed by atoms with Crippen molar-refractivity contribution in [2.24, 2.45) is 0 Å². The molecule has 1 atom stereocenters. The lowest BCUT2D eigenvalue weighted by Crippen LogP contribution is -2.46. The van der Waals surface area contributed by atoms with Crippen LogP contribution in [0.25, 0.3) is 10.9 Å². The van der Waals surface area contributed by atoms with Crippen molar-refractivity contribution < 1.29 is 4.74 Å². The minimum Gasteiger partial charge on any atom is -0.377 e. The number of anilines is 1. The van der Waals surface area contributed by atoms with Gasteiger partial charge in [0, 0.05) is 17.3 Å². The first-order valence-electron chi connectivity index (χ1n) is 5.65. The van der Waals surface area contributed by atoms with E-state index in [0.29, 0.717) is 6.04 Å². The fraction of sp³-hybridized carbons (Fsp3) is 0.417. The summed E-state index contributed by atoms with van der Waals surface area (Å²) in [7, 11) is 0. The Hall–Kier alpha value is -0.650. The number of morpholine rings is 1. The highest BCUT2D eigenvalue weighted by atomic mass is 79.9. The Kier molecular flexibility index (Phi) is 3.31. The highest BCUT2D eigenvalue weighted by molar-refractivity contribution is 9.09. The quantitative estimate of drug-likeness (QED) is 0.797. The van der Waals surface area contributed by atoms with E-state index >= 15 is 0 Å². The Morgan fingerprint density at radius 2 is 2.35 bits per heavy atom. The van der Waals surface area contributed by atoms with Gasteiger partial charge in [-0.05, 0) is 23.7 Å². The van der Waals surface area contributed by atoms with Gasteiger partial charge in [0.15, 0.2) is 0 Å². The van der Waals surface area contributed by atoms with Crippen LogP contribution in [-0.4, -0.2) is 35.5 Å². The van der Waals surface area contributed by atoms with Crippen molar-refractivity contribution in [3.63, 3.8) is 0 Å². The maximum atomic E-state index is 5.53. The van der Waals surface area contributed by atoms with Crippen molar-refractivity contribution in [3.8, 4) is 0 Å². The first kappa shape index (κ1) is 11.4. The van der Waals surface area contributed by atoms with Crippen LogP contribution in [0.2, 0.25) is 0 Å². The molecule has 1 aromatic heterocycles. The van der Waals surface area contributed by atoms with Crippen LogP contribution >= 0.6 is 27.5 Å². The summed E-state index contributed by atoms with van der Waals surface area (Å²) < 4.78 is 10.0. The SMILES string of the molecule is BrCC1COCCN1c1snc2ccccc12. The molecule has 17 heavy (non-hydrogen) atoms. The van der Waals surface area contributed by atoms with Crippen molar-refractivity contribution in [2.45, 2.75) is 6.04 Å². The molecule has 0 N–H and O–H groups in total. The number of halogens is 1. The molecule has 0 saturated carbocycles. The van der Waals surface area contributed by atoms with Gasteiger partial charge in [-0.15, -0.1) is 0 Å². The zero-order chi connectivity index (χ0) is 11.7. The smallest absolute Gasteiger partial charge is 0.120 e. The molecule has 3 rings (SSSR count). The summed E-state index contributed by atoms with van der Waals surface area (Å²) in [5, 5.41) is 3.46. The van der Waals surface area contributed by atoms with Crippen molar-refractivity contribution in [2.75, 3.05) is 30.0 Å².